The Bertz CT molecular complexity index is 783. The number of rotatable bonds is 6. The van der Waals surface area contributed by atoms with Gasteiger partial charge in [-0.15, -0.1) is 11.3 Å². The van der Waals surface area contributed by atoms with E-state index in [9.17, 15) is 9.59 Å². The first-order chi connectivity index (χ1) is 13.0. The molecule has 1 aliphatic rings. The number of carbonyl (C=O) groups is 2. The predicted octanol–water partition coefficient (Wildman–Crippen LogP) is 2.98. The molecule has 1 aromatic carbocycles. The molecule has 1 amide bonds. The lowest BCUT2D eigenvalue weighted by atomic mass is 9.70. The third kappa shape index (κ3) is 4.30. The molecule has 0 spiro atoms. The largest absolute Gasteiger partial charge is 0.469 e. The molecule has 7 heteroatoms. The number of carbonyl (C=O) groups excluding carboxylic acids is 2. The Morgan fingerprint density at radius 3 is 2.52 bits per heavy atom. The smallest absolute Gasteiger partial charge is 0.305 e. The normalized spacial score (nSPS) is 16.1. The Hall–Kier alpha value is -2.41. The molecule has 2 aromatic rings. The average molecular weight is 388 g/mol. The van der Waals surface area contributed by atoms with Gasteiger partial charge < -0.3 is 15.4 Å². The van der Waals surface area contributed by atoms with Gasteiger partial charge in [-0.1, -0.05) is 30.3 Å². The summed E-state index contributed by atoms with van der Waals surface area (Å²) in [5.74, 6) is -0.177. The highest BCUT2D eigenvalue weighted by Gasteiger charge is 2.40. The molecule has 1 saturated heterocycles. The van der Waals surface area contributed by atoms with E-state index in [0.29, 0.717) is 31.1 Å². The Labute approximate surface area is 163 Å². The van der Waals surface area contributed by atoms with E-state index in [1.807, 2.05) is 28.5 Å². The molecule has 6 nitrogen and oxygen atoms in total. The van der Waals surface area contributed by atoms with Crippen molar-refractivity contribution in [2.24, 2.45) is 0 Å². The third-order valence-corrected chi connectivity index (χ3v) is 5.98. The number of likely N-dealkylation sites (tertiary alicyclic amines) is 1. The molecule has 0 atom stereocenters. The van der Waals surface area contributed by atoms with E-state index in [0.717, 1.165) is 18.5 Å². The first kappa shape index (κ1) is 19.4. The van der Waals surface area contributed by atoms with E-state index in [2.05, 4.69) is 21.9 Å². The van der Waals surface area contributed by atoms with Gasteiger partial charge in [0.2, 0.25) is 5.91 Å². The molecule has 1 aliphatic heterocycles. The number of ether oxygens (including phenoxy) is 1. The minimum atomic E-state index is -0.273. The number of esters is 1. The highest BCUT2D eigenvalue weighted by atomic mass is 32.1. The summed E-state index contributed by atoms with van der Waals surface area (Å²) in [6.07, 6.45) is 2.79. The van der Waals surface area contributed by atoms with Crippen LogP contribution < -0.4 is 5.73 Å². The molecular weight excluding hydrogens is 362 g/mol. The standard InChI is InChI=1S/C20H25N3O3S/c1-26-18(25)9-5-8-17(24)23-12-10-20(11-13-23,15-6-3-2-4-7-15)16-14-27-19(21)22-16/h2-4,6-7,14H,5,8-13H2,1H3,(H2,21,22). The SMILES string of the molecule is COC(=O)CCCC(=O)N1CCC(c2ccccc2)(c2csc(N)n2)CC1. The second kappa shape index (κ2) is 8.52. The number of aromatic nitrogens is 1. The number of nitrogen functional groups attached to an aromatic ring is 1. The molecule has 1 fully saturated rings. The number of amides is 1. The number of methoxy groups -OCH3 is 1. The lowest BCUT2D eigenvalue weighted by Crippen LogP contribution is -2.46. The molecular formula is C20H25N3O3S. The maximum atomic E-state index is 12.5. The molecule has 2 N–H and O–H groups in total. The van der Waals surface area contributed by atoms with Crippen LogP contribution >= 0.6 is 11.3 Å². The van der Waals surface area contributed by atoms with E-state index >= 15 is 0 Å². The van der Waals surface area contributed by atoms with Crippen molar-refractivity contribution < 1.29 is 14.3 Å². The minimum Gasteiger partial charge on any atom is -0.469 e. The highest BCUT2D eigenvalue weighted by Crippen LogP contribution is 2.42. The number of thiazole rings is 1. The van der Waals surface area contributed by atoms with E-state index in [1.54, 1.807) is 0 Å². The van der Waals surface area contributed by atoms with Gasteiger partial charge in [0.1, 0.15) is 0 Å². The van der Waals surface area contributed by atoms with Crippen molar-refractivity contribution in [2.75, 3.05) is 25.9 Å². The van der Waals surface area contributed by atoms with Crippen molar-refractivity contribution in [1.82, 2.24) is 9.88 Å². The molecule has 0 bridgehead atoms. The molecule has 27 heavy (non-hydrogen) atoms. The van der Waals surface area contributed by atoms with Crippen LogP contribution in [0, 0.1) is 0 Å². The Balaban J connectivity index is 1.69. The number of benzene rings is 1. The number of nitrogens with two attached hydrogens (primary N) is 1. The number of anilines is 1. The Morgan fingerprint density at radius 1 is 1.22 bits per heavy atom. The fourth-order valence-corrected chi connectivity index (χ4v) is 4.40. The number of piperidine rings is 1. The molecule has 1 aromatic heterocycles. The van der Waals surface area contributed by atoms with E-state index in [4.69, 9.17) is 5.73 Å². The van der Waals surface area contributed by atoms with Gasteiger partial charge in [0.15, 0.2) is 5.13 Å². The second-order valence-corrected chi connectivity index (χ2v) is 7.72. The first-order valence-electron chi connectivity index (χ1n) is 9.17. The predicted molar refractivity (Wildman–Crippen MR) is 105 cm³/mol. The molecule has 144 valence electrons. The number of hydrogen-bond acceptors (Lipinski definition) is 6. The summed E-state index contributed by atoms with van der Waals surface area (Å²) < 4.78 is 4.62. The Morgan fingerprint density at radius 2 is 1.93 bits per heavy atom. The van der Waals surface area contributed by atoms with Crippen LogP contribution in [0.15, 0.2) is 35.7 Å². The molecule has 0 aliphatic carbocycles. The third-order valence-electron chi connectivity index (χ3n) is 5.31. The molecule has 3 rings (SSSR count). The average Bonchev–Trinajstić information content (AvgIpc) is 3.15. The maximum Gasteiger partial charge on any atom is 0.305 e. The van der Waals surface area contributed by atoms with Crippen molar-refractivity contribution in [2.45, 2.75) is 37.5 Å². The van der Waals surface area contributed by atoms with Crippen LogP contribution in [0.4, 0.5) is 5.13 Å². The fourth-order valence-electron chi connectivity index (χ4n) is 3.74. The molecule has 0 unspecified atom stereocenters. The van der Waals surface area contributed by atoms with Gasteiger partial charge in [-0.05, 0) is 24.8 Å². The van der Waals surface area contributed by atoms with Gasteiger partial charge in [0, 0.05) is 36.7 Å². The van der Waals surface area contributed by atoms with Crippen LogP contribution in [0.1, 0.15) is 43.4 Å². The van der Waals surface area contributed by atoms with Crippen molar-refractivity contribution >= 4 is 28.3 Å². The molecule has 0 saturated carbocycles. The summed E-state index contributed by atoms with van der Waals surface area (Å²) in [7, 11) is 1.36. The summed E-state index contributed by atoms with van der Waals surface area (Å²) in [5, 5.41) is 2.61. The minimum absolute atomic E-state index is 0.0957. The Kier molecular flexibility index (Phi) is 6.11. The van der Waals surface area contributed by atoms with Crippen LogP contribution in [-0.2, 0) is 19.7 Å². The van der Waals surface area contributed by atoms with Gasteiger partial charge >= 0.3 is 5.97 Å². The first-order valence-corrected chi connectivity index (χ1v) is 10.0. The summed E-state index contributed by atoms with van der Waals surface area (Å²) in [6, 6.07) is 10.3. The lowest BCUT2D eigenvalue weighted by molar-refractivity contribution is -0.141. The van der Waals surface area contributed by atoms with Crippen LogP contribution in [0.5, 0.6) is 0 Å². The quantitative estimate of drug-likeness (QED) is 0.770. The van der Waals surface area contributed by atoms with Gasteiger partial charge in [-0.3, -0.25) is 9.59 Å². The van der Waals surface area contributed by atoms with Crippen LogP contribution in [-0.4, -0.2) is 42.0 Å². The summed E-state index contributed by atoms with van der Waals surface area (Å²) >= 11 is 1.46. The van der Waals surface area contributed by atoms with Crippen molar-refractivity contribution in [3.63, 3.8) is 0 Å². The zero-order valence-corrected chi connectivity index (χ0v) is 16.3. The van der Waals surface area contributed by atoms with Crippen LogP contribution in [0.3, 0.4) is 0 Å². The lowest BCUT2D eigenvalue weighted by Gasteiger charge is -2.41. The highest BCUT2D eigenvalue weighted by molar-refractivity contribution is 7.13. The maximum absolute atomic E-state index is 12.5. The molecule has 2 heterocycles. The molecule has 0 radical (unpaired) electrons. The van der Waals surface area contributed by atoms with Gasteiger partial charge in [0.05, 0.1) is 12.8 Å². The van der Waals surface area contributed by atoms with Crippen LogP contribution in [0.2, 0.25) is 0 Å². The number of nitrogens with zero attached hydrogens (tertiary/aromatic N) is 2. The van der Waals surface area contributed by atoms with E-state index in [-0.39, 0.29) is 23.7 Å². The fraction of sp³-hybridized carbons (Fsp3) is 0.450. The summed E-state index contributed by atoms with van der Waals surface area (Å²) in [4.78, 5) is 30.2. The van der Waals surface area contributed by atoms with Gasteiger partial charge in [0.25, 0.3) is 0 Å². The monoisotopic (exact) mass is 387 g/mol. The van der Waals surface area contributed by atoms with Crippen molar-refractivity contribution in [3.05, 3.63) is 47.0 Å². The topological polar surface area (TPSA) is 85.5 Å². The summed E-state index contributed by atoms with van der Waals surface area (Å²) in [5.41, 5.74) is 7.89. The summed E-state index contributed by atoms with van der Waals surface area (Å²) in [6.45, 7) is 1.34. The zero-order chi connectivity index (χ0) is 19.3. The number of hydrogen-bond donors (Lipinski definition) is 1. The van der Waals surface area contributed by atoms with Crippen LogP contribution in [0.25, 0.3) is 0 Å². The van der Waals surface area contributed by atoms with Crippen molar-refractivity contribution in [1.29, 1.82) is 0 Å². The van der Waals surface area contributed by atoms with Gasteiger partial charge in [-0.25, -0.2) is 4.98 Å². The van der Waals surface area contributed by atoms with E-state index < -0.39 is 0 Å². The zero-order valence-electron chi connectivity index (χ0n) is 15.5. The van der Waals surface area contributed by atoms with E-state index in [1.165, 1.54) is 24.0 Å². The second-order valence-electron chi connectivity index (χ2n) is 6.83. The van der Waals surface area contributed by atoms with Crippen molar-refractivity contribution in [3.8, 4) is 0 Å². The van der Waals surface area contributed by atoms with Gasteiger partial charge in [-0.2, -0.15) is 0 Å².